The van der Waals surface area contributed by atoms with Crippen LogP contribution in [0.4, 0.5) is 0 Å². The molecule has 1 aliphatic carbocycles. The minimum Gasteiger partial charge on any atom is -0.392 e. The molecule has 0 radical (unpaired) electrons. The highest BCUT2D eigenvalue weighted by molar-refractivity contribution is 4.90. The first-order valence-corrected chi connectivity index (χ1v) is 6.21. The smallest absolute Gasteiger partial charge is 0.138 e. The molecule has 4 heteroatoms. The predicted octanol–water partition coefficient (Wildman–Crippen LogP) is 1.54. The van der Waals surface area contributed by atoms with Gasteiger partial charge in [0.05, 0.1) is 6.10 Å². The number of hydrogen-bond donors (Lipinski definition) is 1. The van der Waals surface area contributed by atoms with Gasteiger partial charge in [0.15, 0.2) is 0 Å². The molecule has 2 rings (SSSR count). The highest BCUT2D eigenvalue weighted by atomic mass is 16.3. The topological polar surface area (TPSA) is 50.9 Å². The first-order chi connectivity index (χ1) is 7.70. The van der Waals surface area contributed by atoms with Crippen molar-refractivity contribution in [3.8, 4) is 0 Å². The van der Waals surface area contributed by atoms with Crippen LogP contribution in [0.1, 0.15) is 38.4 Å². The van der Waals surface area contributed by atoms with Gasteiger partial charge >= 0.3 is 0 Å². The third kappa shape index (κ3) is 2.43. The Balaban J connectivity index is 1.89. The predicted molar refractivity (Wildman–Crippen MR) is 61.8 cm³/mol. The van der Waals surface area contributed by atoms with E-state index in [1.807, 2.05) is 7.05 Å². The number of aryl methyl sites for hydroxylation is 1. The quantitative estimate of drug-likeness (QED) is 0.842. The van der Waals surface area contributed by atoms with E-state index in [9.17, 15) is 5.11 Å². The van der Waals surface area contributed by atoms with Crippen LogP contribution in [-0.4, -0.2) is 26.0 Å². The minimum atomic E-state index is -0.251. The normalized spacial score (nSPS) is 27.2. The lowest BCUT2D eigenvalue weighted by Gasteiger charge is -2.17. The van der Waals surface area contributed by atoms with Crippen LogP contribution in [0.2, 0.25) is 0 Å². The van der Waals surface area contributed by atoms with Gasteiger partial charge < -0.3 is 5.11 Å². The fraction of sp³-hybridized carbons (Fsp3) is 0.833. The molecule has 0 spiro atoms. The summed E-state index contributed by atoms with van der Waals surface area (Å²) < 4.78 is 1.75. The Morgan fingerprint density at radius 3 is 2.94 bits per heavy atom. The van der Waals surface area contributed by atoms with Gasteiger partial charge in [-0.3, -0.25) is 4.68 Å². The number of nitrogens with zero attached hydrogens (tertiary/aromatic N) is 3. The molecule has 1 fully saturated rings. The van der Waals surface area contributed by atoms with E-state index in [1.54, 1.807) is 11.0 Å². The third-order valence-corrected chi connectivity index (χ3v) is 3.90. The van der Waals surface area contributed by atoms with E-state index in [4.69, 9.17) is 0 Å². The van der Waals surface area contributed by atoms with Gasteiger partial charge in [0.2, 0.25) is 0 Å². The molecule has 16 heavy (non-hydrogen) atoms. The summed E-state index contributed by atoms with van der Waals surface area (Å²) in [5, 5.41) is 14.2. The number of aliphatic hydroxyl groups is 1. The fourth-order valence-corrected chi connectivity index (χ4v) is 2.69. The average molecular weight is 223 g/mol. The van der Waals surface area contributed by atoms with E-state index < -0.39 is 0 Å². The van der Waals surface area contributed by atoms with Gasteiger partial charge in [-0.25, -0.2) is 4.98 Å². The molecule has 1 saturated carbocycles. The van der Waals surface area contributed by atoms with Gasteiger partial charge in [0, 0.05) is 13.5 Å². The molecular formula is C12H21N3O. The third-order valence-electron chi connectivity index (χ3n) is 3.90. The summed E-state index contributed by atoms with van der Waals surface area (Å²) in [4.78, 5) is 4.16. The Morgan fingerprint density at radius 2 is 2.38 bits per heavy atom. The molecule has 1 aliphatic rings. The number of aliphatic hydroxyl groups excluding tert-OH is 1. The maximum atomic E-state index is 10.2. The Hall–Kier alpha value is -0.900. The van der Waals surface area contributed by atoms with Crippen LogP contribution < -0.4 is 0 Å². The molecule has 1 heterocycles. The summed E-state index contributed by atoms with van der Waals surface area (Å²) in [5.74, 6) is 2.16. The van der Waals surface area contributed by atoms with Gasteiger partial charge in [0.25, 0.3) is 0 Å². The lowest BCUT2D eigenvalue weighted by molar-refractivity contribution is 0.105. The van der Waals surface area contributed by atoms with Gasteiger partial charge in [-0.15, -0.1) is 0 Å². The maximum absolute atomic E-state index is 10.2. The van der Waals surface area contributed by atoms with Gasteiger partial charge in [0.1, 0.15) is 12.2 Å². The van der Waals surface area contributed by atoms with E-state index in [-0.39, 0.29) is 6.10 Å². The van der Waals surface area contributed by atoms with Crippen molar-refractivity contribution in [1.29, 1.82) is 0 Å². The van der Waals surface area contributed by atoms with Crippen molar-refractivity contribution in [2.24, 2.45) is 18.9 Å². The summed E-state index contributed by atoms with van der Waals surface area (Å²) in [5.41, 5.74) is 0. The van der Waals surface area contributed by atoms with Crippen LogP contribution >= 0.6 is 0 Å². The van der Waals surface area contributed by atoms with E-state index in [0.29, 0.717) is 12.3 Å². The van der Waals surface area contributed by atoms with E-state index in [0.717, 1.165) is 18.2 Å². The molecule has 0 saturated heterocycles. The average Bonchev–Trinajstić information content (AvgIpc) is 2.88. The molecule has 1 N–H and O–H groups in total. The van der Waals surface area contributed by atoms with Crippen molar-refractivity contribution < 1.29 is 5.11 Å². The van der Waals surface area contributed by atoms with E-state index >= 15 is 0 Å². The monoisotopic (exact) mass is 223 g/mol. The van der Waals surface area contributed by atoms with E-state index in [1.165, 1.54) is 19.3 Å². The van der Waals surface area contributed by atoms with Gasteiger partial charge in [-0.1, -0.05) is 19.8 Å². The second-order valence-corrected chi connectivity index (χ2v) is 4.92. The summed E-state index contributed by atoms with van der Waals surface area (Å²) in [6.07, 6.45) is 6.79. The Morgan fingerprint density at radius 1 is 1.56 bits per heavy atom. The van der Waals surface area contributed by atoms with Crippen LogP contribution in [0, 0.1) is 11.8 Å². The van der Waals surface area contributed by atoms with E-state index in [2.05, 4.69) is 17.0 Å². The van der Waals surface area contributed by atoms with Crippen LogP contribution in [0.15, 0.2) is 6.33 Å². The minimum absolute atomic E-state index is 0.251. The van der Waals surface area contributed by atoms with Crippen molar-refractivity contribution in [1.82, 2.24) is 14.8 Å². The summed E-state index contributed by atoms with van der Waals surface area (Å²) in [7, 11) is 1.87. The molecule has 1 aromatic rings. The highest BCUT2D eigenvalue weighted by Crippen LogP contribution is 2.35. The molecule has 4 nitrogen and oxygen atoms in total. The molecular weight excluding hydrogens is 202 g/mol. The zero-order valence-corrected chi connectivity index (χ0v) is 10.1. The second kappa shape index (κ2) is 4.95. The Labute approximate surface area is 96.7 Å². The van der Waals surface area contributed by atoms with Crippen molar-refractivity contribution in [2.45, 2.75) is 45.1 Å². The molecule has 3 unspecified atom stereocenters. The molecule has 0 amide bonds. The van der Waals surface area contributed by atoms with Crippen LogP contribution in [-0.2, 0) is 13.5 Å². The molecule has 0 aromatic carbocycles. The highest BCUT2D eigenvalue weighted by Gasteiger charge is 2.29. The summed E-state index contributed by atoms with van der Waals surface area (Å²) in [6, 6.07) is 0. The lowest BCUT2D eigenvalue weighted by atomic mass is 9.96. The standard InChI is InChI=1S/C12H21N3O/c1-3-9-4-5-10(6-9)11(16)7-12-13-8-14-15(12)2/h8-11,16H,3-7H2,1-2H3. The van der Waals surface area contributed by atoms with Crippen molar-refractivity contribution in [3.05, 3.63) is 12.2 Å². The number of hydrogen-bond acceptors (Lipinski definition) is 3. The first-order valence-electron chi connectivity index (χ1n) is 6.21. The lowest BCUT2D eigenvalue weighted by Crippen LogP contribution is -2.22. The Bertz CT molecular complexity index is 337. The maximum Gasteiger partial charge on any atom is 0.138 e. The second-order valence-electron chi connectivity index (χ2n) is 4.92. The zero-order chi connectivity index (χ0) is 11.5. The zero-order valence-electron chi connectivity index (χ0n) is 10.1. The summed E-state index contributed by atoms with van der Waals surface area (Å²) in [6.45, 7) is 2.24. The van der Waals surface area contributed by atoms with Crippen molar-refractivity contribution in [3.63, 3.8) is 0 Å². The fourth-order valence-electron chi connectivity index (χ4n) is 2.69. The van der Waals surface area contributed by atoms with Crippen molar-refractivity contribution in [2.75, 3.05) is 0 Å². The molecule has 90 valence electrons. The Kier molecular flexibility index (Phi) is 3.59. The van der Waals surface area contributed by atoms with Gasteiger partial charge in [-0.2, -0.15) is 5.10 Å². The summed E-state index contributed by atoms with van der Waals surface area (Å²) >= 11 is 0. The van der Waals surface area contributed by atoms with Gasteiger partial charge in [-0.05, 0) is 24.7 Å². The molecule has 0 aliphatic heterocycles. The molecule has 3 atom stereocenters. The van der Waals surface area contributed by atoms with Crippen molar-refractivity contribution >= 4 is 0 Å². The number of rotatable bonds is 4. The van der Waals surface area contributed by atoms with Crippen LogP contribution in [0.25, 0.3) is 0 Å². The van der Waals surface area contributed by atoms with Crippen LogP contribution in [0.3, 0.4) is 0 Å². The van der Waals surface area contributed by atoms with Crippen LogP contribution in [0.5, 0.6) is 0 Å². The molecule has 1 aromatic heterocycles. The largest absolute Gasteiger partial charge is 0.392 e. The first kappa shape index (κ1) is 11.6. The number of aromatic nitrogens is 3. The SMILES string of the molecule is CCC1CCC(C(O)Cc2ncnn2C)C1. The molecule has 0 bridgehead atoms.